The van der Waals surface area contributed by atoms with Crippen molar-refractivity contribution >= 4 is 23.2 Å². The number of hydrogen-bond acceptors (Lipinski definition) is 2. The highest BCUT2D eigenvalue weighted by Gasteiger charge is 2.40. The molecule has 1 aliphatic heterocycles. The molecule has 0 aromatic carbocycles. The minimum absolute atomic E-state index is 0.360. The third-order valence-electron chi connectivity index (χ3n) is 3.75. The van der Waals surface area contributed by atoms with Crippen LogP contribution in [0.4, 0.5) is 0 Å². The van der Waals surface area contributed by atoms with Crippen LogP contribution in [0, 0.1) is 10.8 Å². The van der Waals surface area contributed by atoms with Gasteiger partial charge >= 0.3 is 0 Å². The molecule has 0 bridgehead atoms. The van der Waals surface area contributed by atoms with Crippen molar-refractivity contribution in [1.82, 2.24) is 10.4 Å². The lowest BCUT2D eigenvalue weighted by Crippen LogP contribution is -2.48. The average Bonchev–Trinajstić information content (AvgIpc) is 2.17. The Hall–Kier alpha value is -0.340. The molecule has 2 aliphatic rings. The first kappa shape index (κ1) is 14.1. The summed E-state index contributed by atoms with van der Waals surface area (Å²) in [7, 11) is 0. The first-order valence-electron chi connectivity index (χ1n) is 6.46. The van der Waals surface area contributed by atoms with E-state index in [-0.39, 0.29) is 0 Å². The van der Waals surface area contributed by atoms with Crippen LogP contribution in [-0.2, 0) is 0 Å². The molecule has 1 fully saturated rings. The van der Waals surface area contributed by atoms with Gasteiger partial charge in [-0.05, 0) is 30.1 Å². The Kier molecular flexibility index (Phi) is 3.63. The topological polar surface area (TPSA) is 15.3 Å². The Morgan fingerprint density at radius 3 is 2.17 bits per heavy atom. The molecule has 2 rings (SSSR count). The third kappa shape index (κ3) is 3.16. The molecule has 0 atom stereocenters. The summed E-state index contributed by atoms with van der Waals surface area (Å²) in [6.07, 6.45) is 7.26. The number of nitrogens with zero attached hydrogens (tertiary/aromatic N) is 1. The summed E-state index contributed by atoms with van der Waals surface area (Å²) in [5, 5.41) is 3.29. The minimum atomic E-state index is 0.360. The maximum Gasteiger partial charge on any atom is 0.0785 e. The van der Waals surface area contributed by atoms with Crippen molar-refractivity contribution in [2.24, 2.45) is 10.8 Å². The van der Waals surface area contributed by atoms with Gasteiger partial charge in [-0.25, -0.2) is 0 Å². The SMILES string of the molecule is CC1(C)CC(N2C=C(Cl)C(Cl)=CN2)CC(C)(C)C1. The van der Waals surface area contributed by atoms with E-state index >= 15 is 0 Å². The molecule has 0 unspecified atom stereocenters. The van der Waals surface area contributed by atoms with E-state index in [0.29, 0.717) is 26.9 Å². The van der Waals surface area contributed by atoms with Crippen molar-refractivity contribution < 1.29 is 0 Å². The zero-order valence-electron chi connectivity index (χ0n) is 11.6. The number of hydrazine groups is 1. The van der Waals surface area contributed by atoms with Gasteiger partial charge in [0.15, 0.2) is 0 Å². The van der Waals surface area contributed by atoms with E-state index in [4.69, 9.17) is 23.2 Å². The van der Waals surface area contributed by atoms with E-state index < -0.39 is 0 Å². The first-order chi connectivity index (χ1) is 8.19. The zero-order chi connectivity index (χ0) is 13.6. The van der Waals surface area contributed by atoms with Gasteiger partial charge in [-0.2, -0.15) is 0 Å². The van der Waals surface area contributed by atoms with E-state index in [1.165, 1.54) is 6.42 Å². The summed E-state index contributed by atoms with van der Waals surface area (Å²) < 4.78 is 0. The van der Waals surface area contributed by atoms with E-state index in [1.54, 1.807) is 6.20 Å². The normalized spacial score (nSPS) is 27.3. The van der Waals surface area contributed by atoms with Gasteiger partial charge in [0.25, 0.3) is 0 Å². The molecule has 0 aromatic rings. The fourth-order valence-electron chi connectivity index (χ4n) is 3.62. The Bertz CT molecular complexity index is 381. The summed E-state index contributed by atoms with van der Waals surface area (Å²) in [6, 6.07) is 0.457. The molecule has 0 spiro atoms. The molecule has 4 heteroatoms. The maximum absolute atomic E-state index is 6.10. The average molecular weight is 289 g/mol. The van der Waals surface area contributed by atoms with Gasteiger partial charge in [-0.1, -0.05) is 50.9 Å². The lowest BCUT2D eigenvalue weighted by atomic mass is 9.63. The van der Waals surface area contributed by atoms with Crippen LogP contribution >= 0.6 is 23.2 Å². The highest BCUT2D eigenvalue weighted by atomic mass is 35.5. The van der Waals surface area contributed by atoms with Crippen LogP contribution in [0.3, 0.4) is 0 Å². The van der Waals surface area contributed by atoms with Crippen LogP contribution in [0.25, 0.3) is 0 Å². The lowest BCUT2D eigenvalue weighted by Gasteiger charge is -2.48. The summed E-state index contributed by atoms with van der Waals surface area (Å²) in [5.41, 5.74) is 3.94. The van der Waals surface area contributed by atoms with Crippen molar-refractivity contribution in [1.29, 1.82) is 0 Å². The quantitative estimate of drug-likeness (QED) is 0.760. The van der Waals surface area contributed by atoms with Crippen molar-refractivity contribution in [2.45, 2.75) is 53.0 Å². The highest BCUT2D eigenvalue weighted by Crippen LogP contribution is 2.47. The van der Waals surface area contributed by atoms with Gasteiger partial charge in [0.05, 0.1) is 16.1 Å². The number of rotatable bonds is 1. The molecule has 1 aliphatic carbocycles. The number of nitrogens with one attached hydrogen (secondary N) is 1. The van der Waals surface area contributed by atoms with Crippen molar-refractivity contribution in [2.75, 3.05) is 0 Å². The van der Waals surface area contributed by atoms with E-state index in [1.807, 2.05) is 6.20 Å². The molecule has 0 radical (unpaired) electrons. The fourth-order valence-corrected chi connectivity index (χ4v) is 3.87. The Morgan fingerprint density at radius 2 is 1.67 bits per heavy atom. The predicted octanol–water partition coefficient (Wildman–Crippen LogP) is 4.57. The van der Waals surface area contributed by atoms with Crippen molar-refractivity contribution in [3.8, 4) is 0 Å². The number of hydrogen-bond donors (Lipinski definition) is 1. The van der Waals surface area contributed by atoms with Crippen LogP contribution in [-0.4, -0.2) is 11.1 Å². The maximum atomic E-state index is 6.10. The van der Waals surface area contributed by atoms with E-state index in [0.717, 1.165) is 12.8 Å². The smallest absolute Gasteiger partial charge is 0.0785 e. The van der Waals surface area contributed by atoms with Crippen LogP contribution in [0.5, 0.6) is 0 Å². The molecule has 1 N–H and O–H groups in total. The molecule has 18 heavy (non-hydrogen) atoms. The van der Waals surface area contributed by atoms with E-state index in [2.05, 4.69) is 38.1 Å². The van der Waals surface area contributed by atoms with Gasteiger partial charge in [-0.3, -0.25) is 5.01 Å². The molecular weight excluding hydrogens is 267 g/mol. The summed E-state index contributed by atoms with van der Waals surface area (Å²) in [5.74, 6) is 0. The second-order valence-corrected chi connectivity index (χ2v) is 7.89. The molecule has 2 nitrogen and oxygen atoms in total. The fraction of sp³-hybridized carbons (Fsp3) is 0.714. The minimum Gasteiger partial charge on any atom is -0.304 e. The predicted molar refractivity (Wildman–Crippen MR) is 78.0 cm³/mol. The standard InChI is InChI=1S/C14H22Cl2N2/c1-13(2)5-10(6-14(3,4)9-13)18-8-12(16)11(15)7-17-18/h7-8,10,17H,5-6,9H2,1-4H3. The molecule has 102 valence electrons. The molecule has 0 amide bonds. The van der Waals surface area contributed by atoms with Crippen LogP contribution in [0.2, 0.25) is 0 Å². The highest BCUT2D eigenvalue weighted by molar-refractivity contribution is 6.43. The van der Waals surface area contributed by atoms with Crippen molar-refractivity contribution in [3.05, 3.63) is 22.5 Å². The molecule has 0 aromatic heterocycles. The second-order valence-electron chi connectivity index (χ2n) is 7.07. The van der Waals surface area contributed by atoms with Gasteiger partial charge in [0, 0.05) is 12.4 Å². The first-order valence-corrected chi connectivity index (χ1v) is 7.22. The summed E-state index contributed by atoms with van der Waals surface area (Å²) >= 11 is 12.1. The third-order valence-corrected chi connectivity index (χ3v) is 4.46. The molecular formula is C14H22Cl2N2. The van der Waals surface area contributed by atoms with Crippen LogP contribution < -0.4 is 5.43 Å². The molecule has 1 heterocycles. The number of allylic oxidation sites excluding steroid dienone is 2. The Balaban J connectivity index is 2.15. The van der Waals surface area contributed by atoms with E-state index in [9.17, 15) is 0 Å². The number of halogens is 2. The Morgan fingerprint density at radius 1 is 1.11 bits per heavy atom. The van der Waals surface area contributed by atoms with Crippen LogP contribution in [0.15, 0.2) is 22.5 Å². The second kappa shape index (κ2) is 4.64. The van der Waals surface area contributed by atoms with Gasteiger partial charge in [0.2, 0.25) is 0 Å². The van der Waals surface area contributed by atoms with Crippen molar-refractivity contribution in [3.63, 3.8) is 0 Å². The summed E-state index contributed by atoms with van der Waals surface area (Å²) in [4.78, 5) is 0. The van der Waals surface area contributed by atoms with Gasteiger partial charge < -0.3 is 5.43 Å². The molecule has 0 saturated heterocycles. The van der Waals surface area contributed by atoms with Crippen LogP contribution in [0.1, 0.15) is 47.0 Å². The largest absolute Gasteiger partial charge is 0.304 e. The lowest BCUT2D eigenvalue weighted by molar-refractivity contribution is 0.0306. The Labute approximate surface area is 120 Å². The monoisotopic (exact) mass is 288 g/mol. The summed E-state index contributed by atoms with van der Waals surface area (Å²) in [6.45, 7) is 9.38. The van der Waals surface area contributed by atoms with Gasteiger partial charge in [0.1, 0.15) is 0 Å². The zero-order valence-corrected chi connectivity index (χ0v) is 13.1. The van der Waals surface area contributed by atoms with Gasteiger partial charge in [-0.15, -0.1) is 0 Å². The molecule has 1 saturated carbocycles.